The van der Waals surface area contributed by atoms with Crippen LogP contribution in [0.4, 0.5) is 4.79 Å². The number of phenolic OH excluding ortho intramolecular Hbond substituents is 1. The van der Waals surface area contributed by atoms with E-state index < -0.39 is 53.1 Å². The number of piperazine rings is 1. The largest absolute Gasteiger partial charge is 0.508 e. The van der Waals surface area contributed by atoms with Gasteiger partial charge in [-0.25, -0.2) is 14.4 Å². The van der Waals surface area contributed by atoms with Gasteiger partial charge in [0.25, 0.3) is 0 Å². The summed E-state index contributed by atoms with van der Waals surface area (Å²) < 4.78 is 4.96. The quantitative estimate of drug-likeness (QED) is 0.205. The van der Waals surface area contributed by atoms with Gasteiger partial charge in [0.1, 0.15) is 29.5 Å². The number of hydrogen-bond acceptors (Lipinski definition) is 10. The minimum atomic E-state index is -1.53. The maximum absolute atomic E-state index is 13.4. The van der Waals surface area contributed by atoms with Crippen molar-refractivity contribution in [2.24, 2.45) is 0 Å². The lowest BCUT2D eigenvalue weighted by Gasteiger charge is -2.33. The summed E-state index contributed by atoms with van der Waals surface area (Å²) in [5.74, 6) is -4.66. The van der Waals surface area contributed by atoms with Gasteiger partial charge in [-0.1, -0.05) is 12.1 Å². The predicted octanol–water partition coefficient (Wildman–Crippen LogP) is -1.12. The number of imide groups is 1. The molecule has 0 radical (unpaired) electrons. The molecule has 1 unspecified atom stereocenters. The van der Waals surface area contributed by atoms with E-state index in [-0.39, 0.29) is 36.7 Å². The number of urea groups is 1. The Labute approximate surface area is 220 Å². The standard InChI is InChI=1S/C23H25N5O9S/c1-2-27-7-8-28(20(32)19(27)31)23(36)26-14(11-3-5-13(29)6-4-11)17(30)24-16(21(33)34)18-25-15-12(10-38-18)9-37-22(15)35/h3-6,14,16,18,25,29H,2,7-10H2,1H3,(H,24,30)(H,26,36)(H,33,34)/t14-,16?,18-/m1/s1. The van der Waals surface area contributed by atoms with Crippen molar-refractivity contribution >= 4 is 47.5 Å². The summed E-state index contributed by atoms with van der Waals surface area (Å²) in [5.41, 5.74) is 1.02. The highest BCUT2D eigenvalue weighted by Crippen LogP contribution is 2.29. The minimum Gasteiger partial charge on any atom is -0.508 e. The number of aliphatic carboxylic acids is 1. The number of likely N-dealkylation sites (N-methyl/N-ethyl adjacent to an activating group) is 1. The van der Waals surface area contributed by atoms with E-state index in [0.717, 1.165) is 11.8 Å². The zero-order valence-corrected chi connectivity index (χ0v) is 20.9. The Morgan fingerprint density at radius 3 is 2.50 bits per heavy atom. The fraction of sp³-hybridized carbons (Fsp3) is 0.391. The second-order valence-electron chi connectivity index (χ2n) is 8.57. The molecular formula is C23H25N5O9S. The SMILES string of the molecule is CCN1CCN(C(=O)N[C@@H](C(=O)NC(C(=O)O)[C@@H]2NC3=C(COC3=O)CS2)c2ccc(O)cc2)C(=O)C1=O. The first kappa shape index (κ1) is 26.8. The van der Waals surface area contributed by atoms with E-state index in [0.29, 0.717) is 22.8 Å². The Balaban J connectivity index is 1.54. The lowest BCUT2D eigenvalue weighted by atomic mass is 10.1. The summed E-state index contributed by atoms with van der Waals surface area (Å²) in [7, 11) is 0. The number of thioether (sulfide) groups is 1. The zero-order chi connectivity index (χ0) is 27.6. The zero-order valence-electron chi connectivity index (χ0n) is 20.1. The summed E-state index contributed by atoms with van der Waals surface area (Å²) >= 11 is 1.16. The van der Waals surface area contributed by atoms with Crippen molar-refractivity contribution in [2.45, 2.75) is 24.4 Å². The Morgan fingerprint density at radius 1 is 1.13 bits per heavy atom. The lowest BCUT2D eigenvalue weighted by Crippen LogP contribution is -2.60. The maximum atomic E-state index is 13.4. The fourth-order valence-corrected chi connectivity index (χ4v) is 5.30. The molecular weight excluding hydrogens is 522 g/mol. The van der Waals surface area contributed by atoms with Gasteiger partial charge in [0.05, 0.1) is 0 Å². The minimum absolute atomic E-state index is 0.0951. The second-order valence-corrected chi connectivity index (χ2v) is 9.70. The summed E-state index contributed by atoms with van der Waals surface area (Å²) in [5, 5.41) is 26.2. The van der Waals surface area contributed by atoms with E-state index in [4.69, 9.17) is 4.74 Å². The van der Waals surface area contributed by atoms with Crippen LogP contribution in [0, 0.1) is 0 Å². The summed E-state index contributed by atoms with van der Waals surface area (Å²) in [6, 6.07) is 1.19. The molecule has 5 N–H and O–H groups in total. The Bertz CT molecular complexity index is 1220. The van der Waals surface area contributed by atoms with Gasteiger partial charge >= 0.3 is 29.8 Å². The number of hydrogen-bond donors (Lipinski definition) is 5. The van der Waals surface area contributed by atoms with Crippen LogP contribution >= 0.6 is 11.8 Å². The molecule has 1 aromatic carbocycles. The monoisotopic (exact) mass is 547 g/mol. The van der Waals surface area contributed by atoms with Crippen molar-refractivity contribution in [3.8, 4) is 5.75 Å². The molecule has 1 saturated heterocycles. The summed E-state index contributed by atoms with van der Waals surface area (Å²) in [6.07, 6.45) is 0. The number of benzene rings is 1. The molecule has 0 saturated carbocycles. The van der Waals surface area contributed by atoms with Crippen LogP contribution in [0.15, 0.2) is 35.5 Å². The smallest absolute Gasteiger partial charge is 0.354 e. The van der Waals surface area contributed by atoms with Crippen molar-refractivity contribution in [3.05, 3.63) is 41.1 Å². The van der Waals surface area contributed by atoms with Crippen molar-refractivity contribution in [1.29, 1.82) is 0 Å². The number of carboxylic acids is 1. The van der Waals surface area contributed by atoms with Gasteiger partial charge in [-0.05, 0) is 24.6 Å². The molecule has 3 atom stereocenters. The van der Waals surface area contributed by atoms with Crippen LogP contribution in [0.3, 0.4) is 0 Å². The average molecular weight is 548 g/mol. The third-order valence-corrected chi connectivity index (χ3v) is 7.48. The first-order valence-electron chi connectivity index (χ1n) is 11.6. The van der Waals surface area contributed by atoms with Crippen molar-refractivity contribution in [3.63, 3.8) is 0 Å². The van der Waals surface area contributed by atoms with Gasteiger partial charge in [-0.15, -0.1) is 11.8 Å². The highest BCUT2D eigenvalue weighted by Gasteiger charge is 2.41. The molecule has 3 heterocycles. The number of carbonyl (C=O) groups excluding carboxylic acids is 5. The first-order valence-corrected chi connectivity index (χ1v) is 12.7. The van der Waals surface area contributed by atoms with Crippen LogP contribution < -0.4 is 16.0 Å². The van der Waals surface area contributed by atoms with Gasteiger partial charge in [0.15, 0.2) is 6.04 Å². The average Bonchev–Trinajstić information content (AvgIpc) is 3.27. The molecule has 1 aromatic rings. The number of carbonyl (C=O) groups is 6. The molecule has 0 aliphatic carbocycles. The highest BCUT2D eigenvalue weighted by molar-refractivity contribution is 8.00. The van der Waals surface area contributed by atoms with E-state index in [1.54, 1.807) is 6.92 Å². The molecule has 0 aromatic heterocycles. The fourth-order valence-electron chi connectivity index (χ4n) is 4.11. The van der Waals surface area contributed by atoms with Gasteiger partial charge in [0.2, 0.25) is 5.91 Å². The molecule has 1 fully saturated rings. The number of aromatic hydroxyl groups is 1. The molecule has 5 amide bonds. The van der Waals surface area contributed by atoms with Crippen LogP contribution in [0.1, 0.15) is 18.5 Å². The number of rotatable bonds is 7. The van der Waals surface area contributed by atoms with E-state index in [2.05, 4.69) is 16.0 Å². The molecule has 4 rings (SSSR count). The molecule has 15 heteroatoms. The summed E-state index contributed by atoms with van der Waals surface area (Å²) in [4.78, 5) is 77.1. The molecule has 38 heavy (non-hydrogen) atoms. The van der Waals surface area contributed by atoms with Gasteiger partial charge in [-0.2, -0.15) is 0 Å². The molecule has 3 aliphatic heterocycles. The number of carboxylic acid groups (broad SMARTS) is 1. The van der Waals surface area contributed by atoms with Crippen LogP contribution in [-0.2, 0) is 28.7 Å². The topological polar surface area (TPSA) is 195 Å². The van der Waals surface area contributed by atoms with E-state index in [1.165, 1.54) is 29.2 Å². The highest BCUT2D eigenvalue weighted by atomic mass is 32.2. The first-order chi connectivity index (χ1) is 18.1. The Kier molecular flexibility index (Phi) is 7.75. The second kappa shape index (κ2) is 11.0. The number of nitrogens with zero attached hydrogens (tertiary/aromatic N) is 2. The van der Waals surface area contributed by atoms with Crippen molar-refractivity contribution < 1.29 is 43.7 Å². The van der Waals surface area contributed by atoms with Crippen molar-refractivity contribution in [2.75, 3.05) is 32.0 Å². The predicted molar refractivity (Wildman–Crippen MR) is 130 cm³/mol. The Hall–Kier alpha value is -4.27. The lowest BCUT2D eigenvalue weighted by molar-refractivity contribution is -0.153. The van der Waals surface area contributed by atoms with Crippen LogP contribution in [-0.4, -0.2) is 99.1 Å². The number of amides is 5. The third kappa shape index (κ3) is 5.37. The number of phenols is 1. The van der Waals surface area contributed by atoms with E-state index in [1.807, 2.05) is 0 Å². The van der Waals surface area contributed by atoms with E-state index in [9.17, 15) is 39.0 Å². The third-order valence-electron chi connectivity index (χ3n) is 6.22. The molecule has 202 valence electrons. The van der Waals surface area contributed by atoms with E-state index >= 15 is 0 Å². The number of nitrogens with one attached hydrogen (secondary N) is 3. The molecule has 0 spiro atoms. The van der Waals surface area contributed by atoms with Crippen LogP contribution in [0.2, 0.25) is 0 Å². The normalized spacial score (nSPS) is 20.8. The van der Waals surface area contributed by atoms with Crippen LogP contribution in [0.25, 0.3) is 0 Å². The number of ether oxygens (including phenoxy) is 1. The van der Waals surface area contributed by atoms with Gasteiger partial charge < -0.3 is 35.8 Å². The maximum Gasteiger partial charge on any atom is 0.354 e. The van der Waals surface area contributed by atoms with Gasteiger partial charge in [0, 0.05) is 31.0 Å². The molecule has 0 bridgehead atoms. The molecule has 14 nitrogen and oxygen atoms in total. The van der Waals surface area contributed by atoms with Crippen LogP contribution in [0.5, 0.6) is 5.75 Å². The summed E-state index contributed by atoms with van der Waals surface area (Å²) in [6.45, 7) is 2.11. The Morgan fingerprint density at radius 2 is 1.84 bits per heavy atom. The number of cyclic esters (lactones) is 1. The van der Waals surface area contributed by atoms with Crippen molar-refractivity contribution in [1.82, 2.24) is 25.8 Å². The number of esters is 1. The van der Waals surface area contributed by atoms with Gasteiger partial charge in [-0.3, -0.25) is 19.3 Å². The molecule has 3 aliphatic rings.